The maximum Gasteiger partial charge on any atom is 0.253 e. The molecule has 4 rings (SSSR count). The summed E-state index contributed by atoms with van der Waals surface area (Å²) in [7, 11) is 0. The van der Waals surface area contributed by atoms with Crippen LogP contribution in [-0.2, 0) is 4.79 Å². The number of hydrogen-bond donors (Lipinski definition) is 0. The molecule has 0 aliphatic carbocycles. The topological polar surface area (TPSA) is 43.9 Å². The lowest BCUT2D eigenvalue weighted by atomic mass is 9.95. The molecule has 2 saturated heterocycles. The van der Waals surface area contributed by atoms with E-state index in [1.54, 1.807) is 17.0 Å². The molecule has 0 bridgehead atoms. The Morgan fingerprint density at radius 2 is 1.37 bits per heavy atom. The first-order valence-electron chi connectivity index (χ1n) is 10.4. The van der Waals surface area contributed by atoms with Crippen LogP contribution in [0.4, 0.5) is 14.5 Å². The molecule has 0 unspecified atom stereocenters. The lowest BCUT2D eigenvalue weighted by molar-refractivity contribution is -0.137. The summed E-state index contributed by atoms with van der Waals surface area (Å²) < 4.78 is 26.3. The second-order valence-electron chi connectivity index (χ2n) is 7.89. The zero-order valence-electron chi connectivity index (χ0n) is 16.8. The van der Waals surface area contributed by atoms with Gasteiger partial charge < -0.3 is 14.7 Å². The minimum atomic E-state index is -0.377. The molecule has 0 N–H and O–H groups in total. The summed E-state index contributed by atoms with van der Waals surface area (Å²) in [6.45, 7) is 3.62. The molecule has 7 heteroatoms. The van der Waals surface area contributed by atoms with Crippen LogP contribution < -0.4 is 4.90 Å². The number of piperidine rings is 1. The highest BCUT2D eigenvalue weighted by molar-refractivity contribution is 5.94. The molecule has 2 aromatic carbocycles. The third-order valence-electron chi connectivity index (χ3n) is 5.93. The standard InChI is InChI=1S/C23H25F2N3O2/c24-19-5-3-17(4-6-19)22(29)28-11-1-2-18(16-28)23(30)27-14-12-26(13-15-27)21-9-7-20(25)8-10-21/h3-10,18H,1-2,11-16H2/t18-/m1/s1. The minimum Gasteiger partial charge on any atom is -0.368 e. The van der Waals surface area contributed by atoms with Gasteiger partial charge in [0.25, 0.3) is 5.91 Å². The van der Waals surface area contributed by atoms with E-state index in [1.807, 2.05) is 4.90 Å². The molecular formula is C23H25F2N3O2. The van der Waals surface area contributed by atoms with Crippen molar-refractivity contribution in [3.8, 4) is 0 Å². The number of halogens is 2. The van der Waals surface area contributed by atoms with Gasteiger partial charge in [-0.05, 0) is 61.4 Å². The zero-order valence-corrected chi connectivity index (χ0v) is 16.8. The van der Waals surface area contributed by atoms with Gasteiger partial charge >= 0.3 is 0 Å². The number of hydrogen-bond acceptors (Lipinski definition) is 3. The number of rotatable bonds is 3. The SMILES string of the molecule is O=C(c1ccc(F)cc1)N1CCC[C@@H](C(=O)N2CCN(c3ccc(F)cc3)CC2)C1. The van der Waals surface area contributed by atoms with Crippen molar-refractivity contribution in [3.05, 3.63) is 65.7 Å². The molecule has 2 fully saturated rings. The molecule has 1 atom stereocenters. The Bertz CT molecular complexity index is 894. The maximum absolute atomic E-state index is 13.1. The summed E-state index contributed by atoms with van der Waals surface area (Å²) in [6, 6.07) is 11.9. The largest absolute Gasteiger partial charge is 0.368 e. The highest BCUT2D eigenvalue weighted by Crippen LogP contribution is 2.23. The molecule has 0 saturated carbocycles. The minimum absolute atomic E-state index is 0.0883. The van der Waals surface area contributed by atoms with Gasteiger partial charge in [0.1, 0.15) is 11.6 Å². The number of carbonyl (C=O) groups is 2. The molecule has 0 spiro atoms. The van der Waals surface area contributed by atoms with Gasteiger partial charge in [0.2, 0.25) is 5.91 Å². The predicted octanol–water partition coefficient (Wildman–Crippen LogP) is 3.17. The van der Waals surface area contributed by atoms with Crippen molar-refractivity contribution >= 4 is 17.5 Å². The van der Waals surface area contributed by atoms with Crippen molar-refractivity contribution in [2.75, 3.05) is 44.2 Å². The van der Waals surface area contributed by atoms with Gasteiger partial charge in [-0.25, -0.2) is 8.78 Å². The van der Waals surface area contributed by atoms with Crippen LogP contribution in [0.15, 0.2) is 48.5 Å². The molecule has 5 nitrogen and oxygen atoms in total. The normalized spacial score (nSPS) is 19.7. The summed E-state index contributed by atoms with van der Waals surface area (Å²) >= 11 is 0. The van der Waals surface area contributed by atoms with Gasteiger partial charge in [0.15, 0.2) is 0 Å². The Kier molecular flexibility index (Phi) is 5.97. The van der Waals surface area contributed by atoms with Gasteiger partial charge in [-0.2, -0.15) is 0 Å². The molecular weight excluding hydrogens is 388 g/mol. The van der Waals surface area contributed by atoms with Crippen LogP contribution in [0.1, 0.15) is 23.2 Å². The number of anilines is 1. The van der Waals surface area contributed by atoms with Crippen molar-refractivity contribution in [1.29, 1.82) is 0 Å². The van der Waals surface area contributed by atoms with E-state index in [1.165, 1.54) is 36.4 Å². The monoisotopic (exact) mass is 413 g/mol. The van der Waals surface area contributed by atoms with E-state index >= 15 is 0 Å². The number of likely N-dealkylation sites (tertiary alicyclic amines) is 1. The van der Waals surface area contributed by atoms with Crippen molar-refractivity contribution in [2.24, 2.45) is 5.92 Å². The van der Waals surface area contributed by atoms with E-state index in [-0.39, 0.29) is 29.4 Å². The van der Waals surface area contributed by atoms with Gasteiger partial charge in [-0.3, -0.25) is 9.59 Å². The van der Waals surface area contributed by atoms with Gasteiger partial charge in [0, 0.05) is 50.5 Å². The van der Waals surface area contributed by atoms with Crippen molar-refractivity contribution in [2.45, 2.75) is 12.8 Å². The first kappa shape index (κ1) is 20.3. The Hall–Kier alpha value is -2.96. The Labute approximate surface area is 174 Å². The van der Waals surface area contributed by atoms with Gasteiger partial charge in [-0.1, -0.05) is 0 Å². The van der Waals surface area contributed by atoms with Crippen LogP contribution in [0.5, 0.6) is 0 Å². The molecule has 2 heterocycles. The predicted molar refractivity (Wildman–Crippen MR) is 110 cm³/mol. The highest BCUT2D eigenvalue weighted by Gasteiger charge is 2.33. The Morgan fingerprint density at radius 3 is 2.00 bits per heavy atom. The second kappa shape index (κ2) is 8.81. The number of piperazine rings is 1. The quantitative estimate of drug-likeness (QED) is 0.777. The molecule has 0 aromatic heterocycles. The van der Waals surface area contributed by atoms with E-state index in [0.717, 1.165) is 18.5 Å². The highest BCUT2D eigenvalue weighted by atomic mass is 19.1. The van der Waals surface area contributed by atoms with E-state index in [4.69, 9.17) is 0 Å². The number of amides is 2. The average molecular weight is 413 g/mol. The fourth-order valence-electron chi connectivity index (χ4n) is 4.23. The van der Waals surface area contributed by atoms with E-state index in [2.05, 4.69) is 4.90 Å². The Morgan fingerprint density at radius 1 is 0.767 bits per heavy atom. The smallest absolute Gasteiger partial charge is 0.253 e. The van der Waals surface area contributed by atoms with E-state index < -0.39 is 0 Å². The Balaban J connectivity index is 1.34. The first-order valence-corrected chi connectivity index (χ1v) is 10.4. The third-order valence-corrected chi connectivity index (χ3v) is 5.93. The fraction of sp³-hybridized carbons (Fsp3) is 0.391. The zero-order chi connectivity index (χ0) is 21.1. The summed E-state index contributed by atoms with van der Waals surface area (Å²) in [5.41, 5.74) is 1.40. The van der Waals surface area contributed by atoms with Crippen molar-refractivity contribution < 1.29 is 18.4 Å². The van der Waals surface area contributed by atoms with Gasteiger partial charge in [-0.15, -0.1) is 0 Å². The van der Waals surface area contributed by atoms with Crippen LogP contribution in [0.2, 0.25) is 0 Å². The van der Waals surface area contributed by atoms with Crippen LogP contribution in [0.25, 0.3) is 0 Å². The third kappa shape index (κ3) is 4.45. The first-order chi connectivity index (χ1) is 14.5. The maximum atomic E-state index is 13.1. The molecule has 2 aromatic rings. The fourth-order valence-corrected chi connectivity index (χ4v) is 4.23. The van der Waals surface area contributed by atoms with Gasteiger partial charge in [0.05, 0.1) is 5.92 Å². The van der Waals surface area contributed by atoms with E-state index in [0.29, 0.717) is 44.8 Å². The lowest BCUT2D eigenvalue weighted by Gasteiger charge is -2.39. The van der Waals surface area contributed by atoms with Crippen LogP contribution in [0.3, 0.4) is 0 Å². The number of benzene rings is 2. The molecule has 2 aliphatic rings. The second-order valence-corrected chi connectivity index (χ2v) is 7.89. The summed E-state index contributed by atoms with van der Waals surface area (Å²) in [5.74, 6) is -0.915. The molecule has 158 valence electrons. The molecule has 0 radical (unpaired) electrons. The number of nitrogens with zero attached hydrogens (tertiary/aromatic N) is 3. The number of carbonyl (C=O) groups excluding carboxylic acids is 2. The van der Waals surface area contributed by atoms with Crippen molar-refractivity contribution in [1.82, 2.24) is 9.80 Å². The molecule has 2 aliphatic heterocycles. The van der Waals surface area contributed by atoms with Crippen LogP contribution >= 0.6 is 0 Å². The molecule has 2 amide bonds. The summed E-state index contributed by atoms with van der Waals surface area (Å²) in [4.78, 5) is 31.5. The summed E-state index contributed by atoms with van der Waals surface area (Å²) in [6.07, 6.45) is 1.54. The summed E-state index contributed by atoms with van der Waals surface area (Å²) in [5, 5.41) is 0. The van der Waals surface area contributed by atoms with E-state index in [9.17, 15) is 18.4 Å². The van der Waals surface area contributed by atoms with Crippen LogP contribution in [0, 0.1) is 17.6 Å². The average Bonchev–Trinajstić information content (AvgIpc) is 2.79. The van der Waals surface area contributed by atoms with Crippen LogP contribution in [-0.4, -0.2) is 60.9 Å². The molecule has 30 heavy (non-hydrogen) atoms. The lowest BCUT2D eigenvalue weighted by Crippen LogP contribution is -2.53. The van der Waals surface area contributed by atoms with Crippen molar-refractivity contribution in [3.63, 3.8) is 0 Å².